The van der Waals surface area contributed by atoms with Crippen molar-refractivity contribution in [3.8, 4) is 11.1 Å². The van der Waals surface area contributed by atoms with E-state index in [1.54, 1.807) is 0 Å². The molecule has 1 heteroatoms. The van der Waals surface area contributed by atoms with Crippen LogP contribution in [-0.4, -0.2) is 0 Å². The van der Waals surface area contributed by atoms with Crippen molar-refractivity contribution in [1.82, 2.24) is 5.32 Å². The Morgan fingerprint density at radius 2 is 1.07 bits per heavy atom. The molecule has 1 N–H and O–H groups in total. The number of rotatable bonds is 6. The lowest BCUT2D eigenvalue weighted by molar-refractivity contribution is 1.04. The van der Waals surface area contributed by atoms with Crippen LogP contribution < -0.4 is 5.32 Å². The Morgan fingerprint density at radius 3 is 1.71 bits per heavy atom. The molecule has 0 amide bonds. The molecule has 7 rings (SSSR count). The Labute approximate surface area is 241 Å². The van der Waals surface area contributed by atoms with Crippen molar-refractivity contribution < 1.29 is 0 Å². The monoisotopic (exact) mass is 525 g/mol. The molecule has 0 radical (unpaired) electrons. The van der Waals surface area contributed by atoms with E-state index in [0.29, 0.717) is 0 Å². The number of hydrogen-bond acceptors (Lipinski definition) is 1. The summed E-state index contributed by atoms with van der Waals surface area (Å²) in [4.78, 5) is 0. The van der Waals surface area contributed by atoms with Gasteiger partial charge in [0, 0.05) is 23.4 Å². The van der Waals surface area contributed by atoms with Gasteiger partial charge in [-0.15, -0.1) is 0 Å². The van der Waals surface area contributed by atoms with Gasteiger partial charge in [-0.1, -0.05) is 133 Å². The third-order valence-electron chi connectivity index (χ3n) is 8.11. The fourth-order valence-electron chi connectivity index (χ4n) is 5.76. The SMILES string of the molecule is C=C(NC1=C(c2ccc3ccccc3c2)C=C(c2ccc3ccccc3c2)C1)c1ccc(-c2ccc(C)cc2)cc1. The third kappa shape index (κ3) is 4.99. The van der Waals surface area contributed by atoms with Crippen LogP contribution in [0.1, 0.15) is 28.7 Å². The van der Waals surface area contributed by atoms with Crippen molar-refractivity contribution in [1.29, 1.82) is 0 Å². The van der Waals surface area contributed by atoms with Gasteiger partial charge < -0.3 is 5.32 Å². The highest BCUT2D eigenvalue weighted by atomic mass is 14.9. The van der Waals surface area contributed by atoms with Crippen LogP contribution in [0.5, 0.6) is 0 Å². The van der Waals surface area contributed by atoms with Crippen molar-refractivity contribution in [2.75, 3.05) is 0 Å². The molecule has 0 aromatic heterocycles. The first kappa shape index (κ1) is 24.9. The Balaban J connectivity index is 1.22. The Morgan fingerprint density at radius 1 is 0.561 bits per heavy atom. The lowest BCUT2D eigenvalue weighted by atomic mass is 9.99. The summed E-state index contributed by atoms with van der Waals surface area (Å²) in [5, 5.41) is 8.75. The summed E-state index contributed by atoms with van der Waals surface area (Å²) < 4.78 is 0. The van der Waals surface area contributed by atoms with Gasteiger partial charge in [0.2, 0.25) is 0 Å². The van der Waals surface area contributed by atoms with E-state index in [1.165, 1.54) is 66.2 Å². The topological polar surface area (TPSA) is 12.0 Å². The zero-order chi connectivity index (χ0) is 27.8. The lowest BCUT2D eigenvalue weighted by Gasteiger charge is -2.15. The van der Waals surface area contributed by atoms with E-state index in [4.69, 9.17) is 0 Å². The molecular formula is C40H31N. The van der Waals surface area contributed by atoms with E-state index in [9.17, 15) is 0 Å². The molecule has 0 saturated carbocycles. The predicted molar refractivity (Wildman–Crippen MR) is 176 cm³/mol. The minimum absolute atomic E-state index is 0.820. The summed E-state index contributed by atoms with van der Waals surface area (Å²) in [7, 11) is 0. The normalized spacial score (nSPS) is 13.0. The molecule has 0 bridgehead atoms. The number of aryl methyl sites for hydroxylation is 1. The predicted octanol–water partition coefficient (Wildman–Crippen LogP) is 10.4. The van der Waals surface area contributed by atoms with Crippen LogP contribution in [0.4, 0.5) is 0 Å². The van der Waals surface area contributed by atoms with Crippen molar-refractivity contribution in [3.63, 3.8) is 0 Å². The van der Waals surface area contributed by atoms with Crippen molar-refractivity contribution in [2.45, 2.75) is 13.3 Å². The standard InChI is InChI=1S/C40H31N/c1-27-11-13-32(14-12-27)33-17-15-29(16-18-33)28(2)41-40-26-38(36-21-19-30-7-3-5-9-34(30)23-36)25-39(40)37-22-20-31-8-4-6-10-35(31)24-37/h3-25,41H,2,26H2,1H3. The molecule has 1 nitrogen and oxygen atoms in total. The highest BCUT2D eigenvalue weighted by Crippen LogP contribution is 2.39. The fourth-order valence-corrected chi connectivity index (χ4v) is 5.76. The summed E-state index contributed by atoms with van der Waals surface area (Å²) in [5.74, 6) is 0. The van der Waals surface area contributed by atoms with Crippen LogP contribution in [-0.2, 0) is 0 Å². The van der Waals surface area contributed by atoms with Crippen LogP contribution in [0.3, 0.4) is 0 Å². The van der Waals surface area contributed by atoms with Gasteiger partial charge in [-0.25, -0.2) is 0 Å². The van der Waals surface area contributed by atoms with Gasteiger partial charge >= 0.3 is 0 Å². The van der Waals surface area contributed by atoms with Crippen LogP contribution >= 0.6 is 0 Å². The largest absolute Gasteiger partial charge is 0.358 e. The summed E-state index contributed by atoms with van der Waals surface area (Å²) in [6, 6.07) is 48.0. The Hall–Kier alpha value is -5.14. The smallest absolute Gasteiger partial charge is 0.0382 e. The van der Waals surface area contributed by atoms with Crippen LogP contribution in [0.25, 0.3) is 49.5 Å². The highest BCUT2D eigenvalue weighted by Gasteiger charge is 2.20. The molecular weight excluding hydrogens is 494 g/mol. The van der Waals surface area contributed by atoms with Crippen molar-refractivity contribution in [2.24, 2.45) is 0 Å². The fraction of sp³-hybridized carbons (Fsp3) is 0.0500. The molecule has 41 heavy (non-hydrogen) atoms. The molecule has 6 aromatic carbocycles. The molecule has 0 aliphatic heterocycles. The average Bonchev–Trinajstić information content (AvgIpc) is 3.44. The molecule has 0 saturated heterocycles. The zero-order valence-electron chi connectivity index (χ0n) is 23.2. The van der Waals surface area contributed by atoms with E-state index in [-0.39, 0.29) is 0 Å². The molecule has 0 fully saturated rings. The molecule has 0 unspecified atom stereocenters. The van der Waals surface area contributed by atoms with Gasteiger partial charge in [0.15, 0.2) is 0 Å². The van der Waals surface area contributed by atoms with E-state index in [1.807, 2.05) is 0 Å². The molecule has 6 aromatic rings. The quantitative estimate of drug-likeness (QED) is 0.228. The molecule has 0 heterocycles. The van der Waals surface area contributed by atoms with E-state index in [2.05, 4.69) is 158 Å². The van der Waals surface area contributed by atoms with Gasteiger partial charge in [0.1, 0.15) is 0 Å². The average molecular weight is 526 g/mol. The van der Waals surface area contributed by atoms with Gasteiger partial charge in [-0.05, 0) is 80.1 Å². The van der Waals surface area contributed by atoms with Gasteiger partial charge in [-0.2, -0.15) is 0 Å². The van der Waals surface area contributed by atoms with E-state index in [0.717, 1.165) is 17.7 Å². The van der Waals surface area contributed by atoms with Crippen LogP contribution in [0.15, 0.2) is 152 Å². The van der Waals surface area contributed by atoms with Gasteiger partial charge in [-0.3, -0.25) is 0 Å². The Bertz CT molecular complexity index is 1990. The molecule has 1 aliphatic carbocycles. The van der Waals surface area contributed by atoms with Gasteiger partial charge in [0.05, 0.1) is 0 Å². The number of allylic oxidation sites excluding steroid dienone is 3. The minimum Gasteiger partial charge on any atom is -0.358 e. The lowest BCUT2D eigenvalue weighted by Crippen LogP contribution is -2.11. The first-order chi connectivity index (χ1) is 20.1. The van der Waals surface area contributed by atoms with Crippen molar-refractivity contribution >= 4 is 38.4 Å². The van der Waals surface area contributed by atoms with Crippen LogP contribution in [0, 0.1) is 6.92 Å². The number of fused-ring (bicyclic) bond motifs is 2. The Kier molecular flexibility index (Phi) is 6.34. The molecule has 196 valence electrons. The molecule has 0 spiro atoms. The maximum absolute atomic E-state index is 4.45. The minimum atomic E-state index is 0.820. The maximum atomic E-state index is 4.45. The van der Waals surface area contributed by atoms with E-state index >= 15 is 0 Å². The maximum Gasteiger partial charge on any atom is 0.0382 e. The first-order valence-electron chi connectivity index (χ1n) is 14.2. The number of nitrogens with one attached hydrogen (secondary N) is 1. The summed E-state index contributed by atoms with van der Waals surface area (Å²) in [5.41, 5.74) is 11.9. The van der Waals surface area contributed by atoms with E-state index < -0.39 is 0 Å². The van der Waals surface area contributed by atoms with Gasteiger partial charge in [0.25, 0.3) is 0 Å². The number of benzene rings is 6. The van der Waals surface area contributed by atoms with Crippen molar-refractivity contribution in [3.05, 3.63) is 174 Å². The second-order valence-corrected chi connectivity index (χ2v) is 10.9. The van der Waals surface area contributed by atoms with Crippen LogP contribution in [0.2, 0.25) is 0 Å². The summed E-state index contributed by atoms with van der Waals surface area (Å²) in [6.07, 6.45) is 3.17. The zero-order valence-corrected chi connectivity index (χ0v) is 23.2. The first-order valence-corrected chi connectivity index (χ1v) is 14.2. The number of hydrogen-bond donors (Lipinski definition) is 1. The second kappa shape index (κ2) is 10.4. The molecule has 1 aliphatic rings. The molecule has 0 atom stereocenters. The summed E-state index contributed by atoms with van der Waals surface area (Å²) >= 11 is 0. The summed E-state index contributed by atoms with van der Waals surface area (Å²) in [6.45, 7) is 6.57. The third-order valence-corrected chi connectivity index (χ3v) is 8.11. The highest BCUT2D eigenvalue weighted by molar-refractivity contribution is 5.97. The second-order valence-electron chi connectivity index (χ2n) is 10.9.